The van der Waals surface area contributed by atoms with E-state index < -0.39 is 6.23 Å². The number of carbonyl (C=O) groups is 1. The Hall–Kier alpha value is -3.04. The molecule has 0 spiro atoms. The summed E-state index contributed by atoms with van der Waals surface area (Å²) in [6.45, 7) is 2.34. The minimum absolute atomic E-state index is 0.298. The fraction of sp³-hybridized carbons (Fsp3) is 0.250. The van der Waals surface area contributed by atoms with Crippen molar-refractivity contribution in [1.29, 1.82) is 0 Å². The van der Waals surface area contributed by atoms with E-state index in [1.807, 2.05) is 19.1 Å². The number of carbonyl (C=O) groups excluding carboxylic acids is 1. The van der Waals surface area contributed by atoms with Gasteiger partial charge in [0.2, 0.25) is 5.95 Å². The summed E-state index contributed by atoms with van der Waals surface area (Å²) >= 11 is 0. The number of imidazole rings is 1. The Morgan fingerprint density at radius 3 is 2.72 bits per heavy atom. The van der Waals surface area contributed by atoms with Gasteiger partial charge in [-0.1, -0.05) is 0 Å². The van der Waals surface area contributed by atoms with E-state index in [1.54, 1.807) is 19.4 Å². The van der Waals surface area contributed by atoms with Crippen molar-refractivity contribution >= 4 is 23.0 Å². The lowest BCUT2D eigenvalue weighted by Gasteiger charge is -2.12. The average molecular weight is 341 g/mol. The van der Waals surface area contributed by atoms with E-state index in [1.165, 1.54) is 6.33 Å². The van der Waals surface area contributed by atoms with Crippen molar-refractivity contribution in [3.63, 3.8) is 0 Å². The molecule has 1 unspecified atom stereocenters. The number of fused-ring (bicyclic) bond motifs is 1. The highest BCUT2D eigenvalue weighted by Crippen LogP contribution is 2.29. The van der Waals surface area contributed by atoms with Crippen molar-refractivity contribution in [3.05, 3.63) is 36.4 Å². The SMILES string of the molecule is CCNC(=O)Nc1nc2c(C(O)NC)cc(-c3cncnc3)cc2[nH]1. The molecule has 0 aliphatic heterocycles. The van der Waals surface area contributed by atoms with E-state index in [0.717, 1.165) is 11.1 Å². The van der Waals surface area contributed by atoms with Crippen LogP contribution in [0.25, 0.3) is 22.2 Å². The van der Waals surface area contributed by atoms with E-state index in [-0.39, 0.29) is 6.03 Å². The van der Waals surface area contributed by atoms with Crippen LogP contribution in [0.15, 0.2) is 30.9 Å². The van der Waals surface area contributed by atoms with Crippen LogP contribution in [0.3, 0.4) is 0 Å². The van der Waals surface area contributed by atoms with Crippen molar-refractivity contribution < 1.29 is 9.90 Å². The van der Waals surface area contributed by atoms with Crippen LogP contribution >= 0.6 is 0 Å². The quantitative estimate of drug-likeness (QED) is 0.446. The highest BCUT2D eigenvalue weighted by molar-refractivity contribution is 5.92. The van der Waals surface area contributed by atoms with Crippen molar-refractivity contribution in [1.82, 2.24) is 30.6 Å². The van der Waals surface area contributed by atoms with Crippen molar-refractivity contribution in [2.24, 2.45) is 0 Å². The second-order valence-corrected chi connectivity index (χ2v) is 5.35. The largest absolute Gasteiger partial charge is 0.374 e. The molecule has 0 aliphatic carbocycles. The second-order valence-electron chi connectivity index (χ2n) is 5.35. The van der Waals surface area contributed by atoms with Crippen LogP contribution in [0, 0.1) is 0 Å². The number of aliphatic hydroxyl groups excluding tert-OH is 1. The zero-order valence-corrected chi connectivity index (χ0v) is 13.9. The number of aromatic nitrogens is 4. The summed E-state index contributed by atoms with van der Waals surface area (Å²) in [5.74, 6) is 0.298. The first-order chi connectivity index (χ1) is 12.1. The summed E-state index contributed by atoms with van der Waals surface area (Å²) in [6, 6.07) is 3.34. The predicted octanol–water partition coefficient (Wildman–Crippen LogP) is 1.37. The number of hydrogen-bond donors (Lipinski definition) is 5. The maximum Gasteiger partial charge on any atom is 0.321 e. The fourth-order valence-electron chi connectivity index (χ4n) is 2.49. The van der Waals surface area contributed by atoms with Gasteiger partial charge in [-0.15, -0.1) is 0 Å². The van der Waals surface area contributed by atoms with Crippen molar-refractivity contribution in [2.45, 2.75) is 13.2 Å². The van der Waals surface area contributed by atoms with E-state index in [2.05, 4.69) is 35.9 Å². The number of nitrogens with zero attached hydrogens (tertiary/aromatic N) is 3. The molecule has 2 amide bonds. The van der Waals surface area contributed by atoms with Gasteiger partial charge < -0.3 is 15.4 Å². The second kappa shape index (κ2) is 7.24. The van der Waals surface area contributed by atoms with Gasteiger partial charge in [0.15, 0.2) is 0 Å². The number of aliphatic hydroxyl groups is 1. The molecule has 130 valence electrons. The number of amides is 2. The number of anilines is 1. The molecule has 1 atom stereocenters. The lowest BCUT2D eigenvalue weighted by Crippen LogP contribution is -2.28. The molecule has 0 saturated heterocycles. The number of benzene rings is 1. The Bertz CT molecular complexity index is 879. The molecule has 0 radical (unpaired) electrons. The van der Waals surface area contributed by atoms with Crippen molar-refractivity contribution in [2.75, 3.05) is 18.9 Å². The van der Waals surface area contributed by atoms with E-state index in [4.69, 9.17) is 0 Å². The first-order valence-electron chi connectivity index (χ1n) is 7.81. The summed E-state index contributed by atoms with van der Waals surface area (Å²) in [7, 11) is 1.65. The first-order valence-corrected chi connectivity index (χ1v) is 7.81. The average Bonchev–Trinajstić information content (AvgIpc) is 3.03. The van der Waals surface area contributed by atoms with Crippen LogP contribution in [0.2, 0.25) is 0 Å². The van der Waals surface area contributed by atoms with Gasteiger partial charge in [-0.25, -0.2) is 19.7 Å². The van der Waals surface area contributed by atoms with Gasteiger partial charge in [0.25, 0.3) is 0 Å². The molecule has 0 bridgehead atoms. The normalized spacial score (nSPS) is 12.1. The molecule has 0 fully saturated rings. The molecule has 9 heteroatoms. The summed E-state index contributed by atoms with van der Waals surface area (Å²) in [5, 5.41) is 18.3. The van der Waals surface area contributed by atoms with Gasteiger partial charge in [-0.2, -0.15) is 0 Å². The van der Waals surface area contributed by atoms with Gasteiger partial charge in [-0.05, 0) is 31.7 Å². The van der Waals surface area contributed by atoms with Crippen LogP contribution in [-0.2, 0) is 0 Å². The smallest absolute Gasteiger partial charge is 0.321 e. The number of aromatic amines is 1. The van der Waals surface area contributed by atoms with Crippen LogP contribution in [0.1, 0.15) is 18.7 Å². The van der Waals surface area contributed by atoms with Gasteiger partial charge in [0.05, 0.1) is 11.0 Å². The molecule has 3 rings (SSSR count). The van der Waals surface area contributed by atoms with E-state index in [9.17, 15) is 9.90 Å². The Labute approximate surface area is 143 Å². The minimum atomic E-state index is -0.910. The van der Waals surface area contributed by atoms with Gasteiger partial charge in [0, 0.05) is 30.1 Å². The minimum Gasteiger partial charge on any atom is -0.374 e. The highest BCUT2D eigenvalue weighted by Gasteiger charge is 2.16. The Kier molecular flexibility index (Phi) is 4.87. The third-order valence-corrected chi connectivity index (χ3v) is 3.65. The molecule has 2 aromatic heterocycles. The van der Waals surface area contributed by atoms with Crippen LogP contribution in [0.5, 0.6) is 0 Å². The third kappa shape index (κ3) is 3.57. The standard InChI is InChI=1S/C16H19N7O2/c1-3-20-16(25)23-15-21-12-5-9(10-6-18-8-19-7-10)4-11(13(12)22-15)14(24)17-2/h4-8,14,17,24H,3H2,1-2H3,(H3,20,21,22,23,25). The monoisotopic (exact) mass is 341 g/mol. The molecular formula is C16H19N7O2. The Morgan fingerprint density at radius 2 is 2.04 bits per heavy atom. The van der Waals surface area contributed by atoms with Crippen LogP contribution in [-0.4, -0.2) is 44.7 Å². The maximum atomic E-state index is 11.7. The molecule has 0 aliphatic rings. The first kappa shape index (κ1) is 16.8. The molecule has 0 saturated carbocycles. The molecule has 1 aromatic carbocycles. The van der Waals surface area contributed by atoms with Gasteiger partial charge in [0.1, 0.15) is 12.6 Å². The lowest BCUT2D eigenvalue weighted by atomic mass is 10.0. The third-order valence-electron chi connectivity index (χ3n) is 3.65. The Balaban J connectivity index is 2.08. The Morgan fingerprint density at radius 1 is 1.28 bits per heavy atom. The van der Waals surface area contributed by atoms with Gasteiger partial charge >= 0.3 is 6.03 Å². The van der Waals surface area contributed by atoms with E-state index >= 15 is 0 Å². The number of H-pyrrole nitrogens is 1. The molecule has 2 heterocycles. The summed E-state index contributed by atoms with van der Waals surface area (Å²) in [6.07, 6.45) is 3.92. The number of hydrogen-bond acceptors (Lipinski definition) is 6. The summed E-state index contributed by atoms with van der Waals surface area (Å²) in [5.41, 5.74) is 3.46. The summed E-state index contributed by atoms with van der Waals surface area (Å²) in [4.78, 5) is 27.2. The van der Waals surface area contributed by atoms with Crippen molar-refractivity contribution in [3.8, 4) is 11.1 Å². The molecular weight excluding hydrogens is 322 g/mol. The number of urea groups is 1. The number of nitrogens with one attached hydrogen (secondary N) is 4. The molecule has 5 N–H and O–H groups in total. The predicted molar refractivity (Wildman–Crippen MR) is 93.8 cm³/mol. The van der Waals surface area contributed by atoms with Gasteiger partial charge in [-0.3, -0.25) is 10.6 Å². The molecule has 3 aromatic rings. The molecule has 9 nitrogen and oxygen atoms in total. The van der Waals surface area contributed by atoms with Crippen LogP contribution in [0.4, 0.5) is 10.7 Å². The van der Waals surface area contributed by atoms with E-state index in [0.29, 0.717) is 29.1 Å². The zero-order valence-electron chi connectivity index (χ0n) is 13.9. The fourth-order valence-corrected chi connectivity index (χ4v) is 2.49. The maximum absolute atomic E-state index is 11.7. The van der Waals surface area contributed by atoms with Crippen LogP contribution < -0.4 is 16.0 Å². The highest BCUT2D eigenvalue weighted by atomic mass is 16.3. The topological polar surface area (TPSA) is 128 Å². The zero-order chi connectivity index (χ0) is 17.8. The number of rotatable bonds is 5. The molecule has 25 heavy (non-hydrogen) atoms. The lowest BCUT2D eigenvalue weighted by molar-refractivity contribution is 0.150. The summed E-state index contributed by atoms with van der Waals surface area (Å²) < 4.78 is 0.